The van der Waals surface area contributed by atoms with Crippen molar-refractivity contribution in [3.63, 3.8) is 0 Å². The lowest BCUT2D eigenvalue weighted by Crippen LogP contribution is -1.83. The van der Waals surface area contributed by atoms with Crippen LogP contribution in [0.4, 0.5) is 0 Å². The van der Waals surface area contributed by atoms with Crippen molar-refractivity contribution in [2.24, 2.45) is 0 Å². The van der Waals surface area contributed by atoms with Gasteiger partial charge in [-0.05, 0) is 33.8 Å². The molecule has 1 heteroatoms. The van der Waals surface area contributed by atoms with E-state index < -0.39 is 0 Å². The van der Waals surface area contributed by atoms with Gasteiger partial charge in [-0.1, -0.05) is 96.9 Å². The zero-order chi connectivity index (χ0) is 18.6. The van der Waals surface area contributed by atoms with Gasteiger partial charge in [-0.15, -0.1) is 11.8 Å². The van der Waals surface area contributed by atoms with E-state index in [0.717, 1.165) is 24.0 Å². The Morgan fingerprint density at radius 3 is 1.56 bits per heavy atom. The maximum absolute atomic E-state index is 3.20. The van der Waals surface area contributed by atoms with E-state index in [1.807, 2.05) is 12.2 Å². The van der Waals surface area contributed by atoms with Crippen LogP contribution in [0, 0.1) is 23.7 Å². The number of hydrogen-bond donors (Lipinski definition) is 0. The van der Waals surface area contributed by atoms with E-state index >= 15 is 0 Å². The van der Waals surface area contributed by atoms with Gasteiger partial charge in [0.05, 0.1) is 0 Å². The number of rotatable bonds is 0. The summed E-state index contributed by atoms with van der Waals surface area (Å²) in [5.74, 6) is 12.4. The maximum atomic E-state index is 3.20. The summed E-state index contributed by atoms with van der Waals surface area (Å²) in [5.41, 5.74) is 4.61. The molecule has 0 saturated carbocycles. The monoisotopic (exact) mass is 364 g/mol. The van der Waals surface area contributed by atoms with Crippen molar-refractivity contribution in [3.8, 4) is 23.7 Å². The Balaban J connectivity index is 1.87. The fourth-order valence-electron chi connectivity index (χ4n) is 2.59. The van der Waals surface area contributed by atoms with Crippen LogP contribution in [-0.4, -0.2) is 0 Å². The highest BCUT2D eigenvalue weighted by molar-refractivity contribution is 8.04. The summed E-state index contributed by atoms with van der Waals surface area (Å²) in [6, 6.07) is 0. The lowest BCUT2D eigenvalue weighted by Gasteiger charge is -1.98. The predicted molar refractivity (Wildman–Crippen MR) is 120 cm³/mol. The van der Waals surface area contributed by atoms with E-state index in [1.54, 1.807) is 11.8 Å². The summed E-state index contributed by atoms with van der Waals surface area (Å²) in [5, 5.41) is 4.14. The molecule has 3 rings (SSSR count). The molecular formula is C26H20S. The predicted octanol–water partition coefficient (Wildman–Crippen LogP) is 6.51. The maximum Gasteiger partial charge on any atom is 0.00744 e. The van der Waals surface area contributed by atoms with Crippen molar-refractivity contribution in [1.29, 1.82) is 0 Å². The molecule has 0 aromatic heterocycles. The quantitative estimate of drug-likeness (QED) is 0.442. The summed E-state index contributed by atoms with van der Waals surface area (Å²) in [7, 11) is 0. The third-order valence-electron chi connectivity index (χ3n) is 3.89. The molecule has 0 unspecified atom stereocenters. The Labute approximate surface area is 166 Å². The highest BCUT2D eigenvalue weighted by Crippen LogP contribution is 2.17. The minimum absolute atomic E-state index is 0.821. The first-order valence-electron chi connectivity index (χ1n) is 8.87. The molecule has 1 aliphatic heterocycles. The molecule has 0 aromatic rings. The average Bonchev–Trinajstić information content (AvgIpc) is 3.04. The lowest BCUT2D eigenvalue weighted by atomic mass is 10.1. The summed E-state index contributed by atoms with van der Waals surface area (Å²) in [4.78, 5) is 0. The molecule has 0 saturated heterocycles. The van der Waals surface area contributed by atoms with Gasteiger partial charge in [0.1, 0.15) is 0 Å². The molecule has 1 heterocycles. The molecule has 0 amide bonds. The largest absolute Gasteiger partial charge is 0.106 e. The van der Waals surface area contributed by atoms with Gasteiger partial charge in [0.15, 0.2) is 0 Å². The summed E-state index contributed by atoms with van der Waals surface area (Å²) in [6.45, 7) is 0. The molecule has 0 atom stereocenters. The fraction of sp³-hybridized carbons (Fsp3) is 0.0769. The van der Waals surface area contributed by atoms with E-state index in [1.165, 1.54) is 11.1 Å². The third kappa shape index (κ3) is 6.95. The highest BCUT2D eigenvalue weighted by Gasteiger charge is 2.00. The van der Waals surface area contributed by atoms with Crippen LogP contribution >= 0.6 is 11.8 Å². The molecule has 0 nitrogen and oxygen atoms in total. The van der Waals surface area contributed by atoms with Crippen LogP contribution < -0.4 is 0 Å². The van der Waals surface area contributed by atoms with E-state index in [2.05, 4.69) is 107 Å². The minimum atomic E-state index is 0.821. The summed E-state index contributed by atoms with van der Waals surface area (Å²) < 4.78 is 0. The van der Waals surface area contributed by atoms with Gasteiger partial charge in [-0.2, -0.15) is 0 Å². The van der Waals surface area contributed by atoms with Gasteiger partial charge in [-0.25, -0.2) is 0 Å². The van der Waals surface area contributed by atoms with Crippen molar-refractivity contribution in [3.05, 3.63) is 118 Å². The van der Waals surface area contributed by atoms with Crippen LogP contribution in [0.5, 0.6) is 0 Å². The second kappa shape index (κ2) is 10.8. The van der Waals surface area contributed by atoms with E-state index in [-0.39, 0.29) is 0 Å². The lowest BCUT2D eigenvalue weighted by molar-refractivity contribution is 1.23. The molecule has 4 bridgehead atoms. The Kier molecular flexibility index (Phi) is 7.44. The zero-order valence-corrected chi connectivity index (χ0v) is 15.9. The Morgan fingerprint density at radius 1 is 0.556 bits per heavy atom. The van der Waals surface area contributed by atoms with Gasteiger partial charge in [0.25, 0.3) is 0 Å². The van der Waals surface area contributed by atoms with Gasteiger partial charge in [-0.3, -0.25) is 0 Å². The van der Waals surface area contributed by atoms with Crippen molar-refractivity contribution in [2.45, 2.75) is 12.8 Å². The molecule has 0 aromatic carbocycles. The molecule has 27 heavy (non-hydrogen) atoms. The van der Waals surface area contributed by atoms with Gasteiger partial charge in [0.2, 0.25) is 0 Å². The summed E-state index contributed by atoms with van der Waals surface area (Å²) >= 11 is 1.66. The molecule has 2 aliphatic carbocycles. The van der Waals surface area contributed by atoms with Crippen molar-refractivity contribution < 1.29 is 0 Å². The van der Waals surface area contributed by atoms with Crippen LogP contribution in [0.2, 0.25) is 0 Å². The number of allylic oxidation sites excluding steroid dienone is 18. The SMILES string of the molecule is C1#CC2=CC=CC=C(/C=C/C=C/S/C=C/C=C/C3=CC=CC=C(C#C1)C3)C2. The van der Waals surface area contributed by atoms with Crippen LogP contribution in [0.1, 0.15) is 12.8 Å². The number of thioether (sulfide) groups is 1. The first-order valence-corrected chi connectivity index (χ1v) is 9.81. The summed E-state index contributed by atoms with van der Waals surface area (Å²) in [6.07, 6.45) is 30.7. The average molecular weight is 365 g/mol. The Morgan fingerprint density at radius 2 is 1.04 bits per heavy atom. The number of hydrogen-bond acceptors (Lipinski definition) is 1. The van der Waals surface area contributed by atoms with E-state index in [4.69, 9.17) is 0 Å². The van der Waals surface area contributed by atoms with Crippen LogP contribution in [-0.2, 0) is 0 Å². The highest BCUT2D eigenvalue weighted by atomic mass is 32.2. The molecule has 0 spiro atoms. The van der Waals surface area contributed by atoms with Crippen LogP contribution in [0.15, 0.2) is 118 Å². The molecule has 0 N–H and O–H groups in total. The topological polar surface area (TPSA) is 0 Å². The van der Waals surface area contributed by atoms with Crippen LogP contribution in [0.3, 0.4) is 0 Å². The standard InChI is InChI=1S/C26H20S/c1-2-12-24-14-4-6-16-26(22-24)18-8-10-20-27-19-9-7-17-25-15-5-3-13-23(11-1)21-25/h3-10,13-20H,21-22H2/b17-7+,18-8+,19-9+,20-10+. The van der Waals surface area contributed by atoms with Gasteiger partial charge in [0, 0.05) is 24.0 Å². The smallest absolute Gasteiger partial charge is 0.00744 e. The fourth-order valence-corrected chi connectivity index (χ4v) is 3.04. The van der Waals surface area contributed by atoms with Gasteiger partial charge >= 0.3 is 0 Å². The van der Waals surface area contributed by atoms with Gasteiger partial charge < -0.3 is 0 Å². The second-order valence-electron chi connectivity index (χ2n) is 6.00. The van der Waals surface area contributed by atoms with Crippen molar-refractivity contribution >= 4 is 11.8 Å². The van der Waals surface area contributed by atoms with Crippen molar-refractivity contribution in [1.82, 2.24) is 0 Å². The Hall–Kier alpha value is -3.13. The zero-order valence-electron chi connectivity index (χ0n) is 15.1. The first kappa shape index (κ1) is 18.7. The van der Waals surface area contributed by atoms with E-state index in [0.29, 0.717) is 0 Å². The third-order valence-corrected chi connectivity index (χ3v) is 4.52. The molecule has 130 valence electrons. The molecule has 0 fully saturated rings. The second-order valence-corrected chi connectivity index (χ2v) is 6.82. The van der Waals surface area contributed by atoms with Crippen LogP contribution in [0.25, 0.3) is 0 Å². The normalized spacial score (nSPS) is 23.4. The Bertz CT molecular complexity index is 906. The van der Waals surface area contributed by atoms with E-state index in [9.17, 15) is 0 Å². The number of fused-ring (bicyclic) bond motifs is 4. The minimum Gasteiger partial charge on any atom is -0.106 e. The molecule has 3 aliphatic rings. The molecular weight excluding hydrogens is 344 g/mol. The first-order chi connectivity index (χ1) is 13.4. The molecule has 0 radical (unpaired) electrons. The van der Waals surface area contributed by atoms with Crippen molar-refractivity contribution in [2.75, 3.05) is 0 Å².